The average Bonchev–Trinajstić information content (AvgIpc) is 2.30. The van der Waals surface area contributed by atoms with Crippen LogP contribution in [0.15, 0.2) is 18.6 Å². The number of hydrogen-bond donors (Lipinski definition) is 0. The first-order valence-electron chi connectivity index (χ1n) is 5.04. The van der Waals surface area contributed by atoms with Crippen molar-refractivity contribution < 1.29 is 4.79 Å². The number of rotatable bonds is 1. The van der Waals surface area contributed by atoms with E-state index in [9.17, 15) is 4.79 Å². The largest absolute Gasteiger partial charge is 0.353 e. The second-order valence-corrected chi connectivity index (χ2v) is 3.56. The highest BCUT2D eigenvalue weighted by molar-refractivity contribution is 5.73. The smallest absolute Gasteiger partial charge is 0.219 e. The maximum Gasteiger partial charge on any atom is 0.219 e. The molecule has 1 aromatic heterocycles. The second-order valence-electron chi connectivity index (χ2n) is 3.56. The van der Waals surface area contributed by atoms with Crippen LogP contribution < -0.4 is 4.90 Å². The number of carbonyl (C=O) groups is 1. The minimum atomic E-state index is 0.150. The van der Waals surface area contributed by atoms with Crippen molar-refractivity contribution >= 4 is 11.7 Å². The second kappa shape index (κ2) is 4.25. The van der Waals surface area contributed by atoms with Gasteiger partial charge in [-0.1, -0.05) is 0 Å². The first-order valence-corrected chi connectivity index (χ1v) is 5.04. The van der Waals surface area contributed by atoms with E-state index in [1.54, 1.807) is 19.4 Å². The first-order chi connectivity index (χ1) is 7.27. The monoisotopic (exact) mass is 206 g/mol. The van der Waals surface area contributed by atoms with Gasteiger partial charge in [-0.25, -0.2) is 9.97 Å². The normalized spacial score (nSPS) is 16.6. The molecule has 0 spiro atoms. The number of aromatic nitrogens is 2. The number of carbonyl (C=O) groups excluding carboxylic acids is 1. The molecule has 0 bridgehead atoms. The van der Waals surface area contributed by atoms with Crippen molar-refractivity contribution in [2.75, 3.05) is 31.1 Å². The van der Waals surface area contributed by atoms with E-state index in [4.69, 9.17) is 0 Å². The van der Waals surface area contributed by atoms with E-state index in [1.807, 2.05) is 11.0 Å². The van der Waals surface area contributed by atoms with Crippen molar-refractivity contribution in [3.63, 3.8) is 0 Å². The minimum Gasteiger partial charge on any atom is -0.353 e. The fourth-order valence-corrected chi connectivity index (χ4v) is 1.72. The number of hydrogen-bond acceptors (Lipinski definition) is 4. The van der Waals surface area contributed by atoms with Gasteiger partial charge in [0.15, 0.2) is 0 Å². The van der Waals surface area contributed by atoms with E-state index < -0.39 is 0 Å². The van der Waals surface area contributed by atoms with Gasteiger partial charge < -0.3 is 9.80 Å². The summed E-state index contributed by atoms with van der Waals surface area (Å²) in [5.41, 5.74) is 0. The molecule has 2 rings (SSSR count). The van der Waals surface area contributed by atoms with Gasteiger partial charge in [0.2, 0.25) is 5.91 Å². The van der Waals surface area contributed by atoms with Gasteiger partial charge in [0, 0.05) is 39.3 Å². The van der Waals surface area contributed by atoms with E-state index in [0.717, 1.165) is 32.0 Å². The van der Waals surface area contributed by atoms with Crippen LogP contribution in [0.25, 0.3) is 0 Å². The lowest BCUT2D eigenvalue weighted by atomic mass is 10.3. The molecule has 2 heterocycles. The molecule has 80 valence electrons. The standard InChI is InChI=1S/C10H14N4O/c1-9(15)13-4-6-14(7-5-13)10-2-3-11-8-12-10/h2-3,8H,4-7H2,1H3. The Hall–Kier alpha value is -1.65. The fraction of sp³-hybridized carbons (Fsp3) is 0.500. The first kappa shape index (κ1) is 9.89. The van der Waals surface area contributed by atoms with Crippen molar-refractivity contribution in [1.82, 2.24) is 14.9 Å². The molecule has 1 aliphatic rings. The Balaban J connectivity index is 1.97. The lowest BCUT2D eigenvalue weighted by Gasteiger charge is -2.34. The third kappa shape index (κ3) is 2.23. The van der Waals surface area contributed by atoms with Crippen LogP contribution in [0.1, 0.15) is 6.92 Å². The summed E-state index contributed by atoms with van der Waals surface area (Å²) in [5, 5.41) is 0. The summed E-state index contributed by atoms with van der Waals surface area (Å²) >= 11 is 0. The molecule has 5 nitrogen and oxygen atoms in total. The van der Waals surface area contributed by atoms with Crippen LogP contribution in [0.4, 0.5) is 5.82 Å². The molecule has 0 aromatic carbocycles. The van der Waals surface area contributed by atoms with Gasteiger partial charge in [-0.15, -0.1) is 0 Å². The molecule has 1 aliphatic heterocycles. The topological polar surface area (TPSA) is 49.3 Å². The van der Waals surface area contributed by atoms with E-state index in [1.165, 1.54) is 0 Å². The Labute approximate surface area is 88.7 Å². The minimum absolute atomic E-state index is 0.150. The molecule has 0 atom stereocenters. The van der Waals surface area contributed by atoms with Gasteiger partial charge >= 0.3 is 0 Å². The van der Waals surface area contributed by atoms with Gasteiger partial charge in [-0.05, 0) is 6.07 Å². The maximum atomic E-state index is 11.1. The molecular formula is C10H14N4O. The predicted octanol–water partition coefficient (Wildman–Crippen LogP) is 0.145. The third-order valence-corrected chi connectivity index (χ3v) is 2.62. The average molecular weight is 206 g/mol. The van der Waals surface area contributed by atoms with Gasteiger partial charge in [0.25, 0.3) is 0 Å². The summed E-state index contributed by atoms with van der Waals surface area (Å²) < 4.78 is 0. The van der Waals surface area contributed by atoms with Crippen LogP contribution in [0, 0.1) is 0 Å². The Bertz CT molecular complexity index is 333. The molecule has 0 N–H and O–H groups in total. The quantitative estimate of drug-likeness (QED) is 0.656. The lowest BCUT2D eigenvalue weighted by Crippen LogP contribution is -2.48. The molecule has 5 heteroatoms. The molecule has 1 aromatic rings. The summed E-state index contributed by atoms with van der Waals surface area (Å²) in [7, 11) is 0. The van der Waals surface area contributed by atoms with Crippen molar-refractivity contribution in [2.45, 2.75) is 6.92 Å². The highest BCUT2D eigenvalue weighted by atomic mass is 16.2. The number of piperazine rings is 1. The molecule has 0 aliphatic carbocycles. The Morgan fingerprint density at radius 3 is 2.60 bits per heavy atom. The third-order valence-electron chi connectivity index (χ3n) is 2.62. The van der Waals surface area contributed by atoms with Crippen LogP contribution >= 0.6 is 0 Å². The van der Waals surface area contributed by atoms with Crippen LogP contribution in [0.3, 0.4) is 0 Å². The maximum absolute atomic E-state index is 11.1. The van der Waals surface area contributed by atoms with E-state index >= 15 is 0 Å². The molecule has 0 radical (unpaired) electrons. The van der Waals surface area contributed by atoms with Gasteiger partial charge in [0.1, 0.15) is 12.1 Å². The van der Waals surface area contributed by atoms with Gasteiger partial charge in [-0.3, -0.25) is 4.79 Å². The van der Waals surface area contributed by atoms with E-state index in [-0.39, 0.29) is 5.91 Å². The zero-order chi connectivity index (χ0) is 10.7. The summed E-state index contributed by atoms with van der Waals surface area (Å²) in [6.45, 7) is 4.85. The molecule has 0 unspecified atom stereocenters. The van der Waals surface area contributed by atoms with Crippen molar-refractivity contribution in [3.8, 4) is 0 Å². The van der Waals surface area contributed by atoms with Crippen LogP contribution in [-0.4, -0.2) is 47.0 Å². The number of anilines is 1. The molecule has 1 fully saturated rings. The van der Waals surface area contributed by atoms with E-state index in [0.29, 0.717) is 0 Å². The van der Waals surface area contributed by atoms with Crippen LogP contribution in [-0.2, 0) is 4.79 Å². The van der Waals surface area contributed by atoms with Crippen LogP contribution in [0.2, 0.25) is 0 Å². The molecule has 15 heavy (non-hydrogen) atoms. The summed E-state index contributed by atoms with van der Waals surface area (Å²) in [4.78, 5) is 23.2. The predicted molar refractivity (Wildman–Crippen MR) is 56.5 cm³/mol. The number of nitrogens with zero attached hydrogens (tertiary/aromatic N) is 4. The lowest BCUT2D eigenvalue weighted by molar-refractivity contribution is -0.129. The Morgan fingerprint density at radius 1 is 1.33 bits per heavy atom. The number of amides is 1. The zero-order valence-electron chi connectivity index (χ0n) is 8.76. The molecular weight excluding hydrogens is 192 g/mol. The fourth-order valence-electron chi connectivity index (χ4n) is 1.72. The SMILES string of the molecule is CC(=O)N1CCN(c2ccncn2)CC1. The summed E-state index contributed by atoms with van der Waals surface area (Å²) in [6, 6.07) is 1.89. The Kier molecular flexibility index (Phi) is 2.80. The van der Waals surface area contributed by atoms with E-state index in [2.05, 4.69) is 14.9 Å². The van der Waals surface area contributed by atoms with Crippen molar-refractivity contribution in [2.24, 2.45) is 0 Å². The summed E-state index contributed by atoms with van der Waals surface area (Å²) in [6.07, 6.45) is 3.28. The van der Waals surface area contributed by atoms with Crippen LogP contribution in [0.5, 0.6) is 0 Å². The highest BCUT2D eigenvalue weighted by Crippen LogP contribution is 2.11. The Morgan fingerprint density at radius 2 is 2.07 bits per heavy atom. The highest BCUT2D eigenvalue weighted by Gasteiger charge is 2.18. The molecule has 1 saturated heterocycles. The van der Waals surface area contributed by atoms with Gasteiger partial charge in [0.05, 0.1) is 0 Å². The van der Waals surface area contributed by atoms with Gasteiger partial charge in [-0.2, -0.15) is 0 Å². The molecule has 0 saturated carbocycles. The molecule has 1 amide bonds. The van der Waals surface area contributed by atoms with Crippen molar-refractivity contribution in [3.05, 3.63) is 18.6 Å². The summed E-state index contributed by atoms with van der Waals surface area (Å²) in [5.74, 6) is 1.09. The van der Waals surface area contributed by atoms with Crippen molar-refractivity contribution in [1.29, 1.82) is 0 Å². The zero-order valence-corrected chi connectivity index (χ0v) is 8.76.